The maximum absolute atomic E-state index is 11.7. The van der Waals surface area contributed by atoms with Gasteiger partial charge < -0.3 is 14.6 Å². The molecule has 0 bridgehead atoms. The van der Waals surface area contributed by atoms with Crippen LogP contribution in [0.25, 0.3) is 0 Å². The Morgan fingerprint density at radius 1 is 0.800 bits per heavy atom. The molecule has 2 rings (SSSR count). The van der Waals surface area contributed by atoms with Crippen molar-refractivity contribution in [3.8, 4) is 11.5 Å². The maximum Gasteiger partial charge on any atom is 0.311 e. The van der Waals surface area contributed by atoms with E-state index < -0.39 is 6.29 Å². The number of aliphatic hydroxyl groups excluding tert-OH is 1. The average molecular weight is 342 g/mol. The first-order valence-electron chi connectivity index (χ1n) is 8.89. The standard InChI is InChI=1S/C21H26O4/c22-20(24-18-12-6-4-7-13-18)16-10-2-1-3-11-17-21(23)25-19-14-8-5-9-15-19/h4-9,12-15,20,22H,1-3,10-11,16-17H2. The van der Waals surface area contributed by atoms with Crippen molar-refractivity contribution < 1.29 is 19.4 Å². The van der Waals surface area contributed by atoms with Crippen LogP contribution < -0.4 is 9.47 Å². The minimum atomic E-state index is -0.761. The number of aliphatic hydroxyl groups is 1. The summed E-state index contributed by atoms with van der Waals surface area (Å²) >= 11 is 0. The quantitative estimate of drug-likeness (QED) is 0.278. The van der Waals surface area contributed by atoms with E-state index in [9.17, 15) is 9.90 Å². The number of ether oxygens (including phenoxy) is 2. The van der Waals surface area contributed by atoms with E-state index in [1.807, 2.05) is 48.5 Å². The normalized spacial score (nSPS) is 11.7. The summed E-state index contributed by atoms with van der Waals surface area (Å²) in [6, 6.07) is 18.5. The predicted molar refractivity (Wildman–Crippen MR) is 97.5 cm³/mol. The number of hydrogen-bond acceptors (Lipinski definition) is 4. The average Bonchev–Trinajstić information content (AvgIpc) is 2.62. The van der Waals surface area contributed by atoms with Gasteiger partial charge in [0.15, 0.2) is 6.29 Å². The molecule has 134 valence electrons. The highest BCUT2D eigenvalue weighted by molar-refractivity contribution is 5.72. The van der Waals surface area contributed by atoms with Gasteiger partial charge in [-0.05, 0) is 37.1 Å². The summed E-state index contributed by atoms with van der Waals surface area (Å²) in [6.07, 6.45) is 5.07. The van der Waals surface area contributed by atoms with Crippen molar-refractivity contribution >= 4 is 5.97 Å². The van der Waals surface area contributed by atoms with E-state index in [1.165, 1.54) is 0 Å². The van der Waals surface area contributed by atoms with Gasteiger partial charge >= 0.3 is 5.97 Å². The molecule has 0 aromatic heterocycles. The molecule has 0 heterocycles. The fourth-order valence-corrected chi connectivity index (χ4v) is 2.50. The Hall–Kier alpha value is -2.33. The van der Waals surface area contributed by atoms with E-state index in [1.54, 1.807) is 12.1 Å². The van der Waals surface area contributed by atoms with Crippen LogP contribution in [0.15, 0.2) is 60.7 Å². The molecule has 0 saturated heterocycles. The van der Waals surface area contributed by atoms with Crippen molar-refractivity contribution in [2.24, 2.45) is 0 Å². The van der Waals surface area contributed by atoms with Gasteiger partial charge in [-0.1, -0.05) is 55.7 Å². The lowest BCUT2D eigenvalue weighted by Gasteiger charge is -2.13. The van der Waals surface area contributed by atoms with Gasteiger partial charge in [-0.15, -0.1) is 0 Å². The molecule has 1 N–H and O–H groups in total. The molecular formula is C21H26O4. The molecule has 4 heteroatoms. The molecule has 0 spiro atoms. The van der Waals surface area contributed by atoms with Gasteiger partial charge in [-0.2, -0.15) is 0 Å². The number of rotatable bonds is 11. The van der Waals surface area contributed by atoms with Gasteiger partial charge in [0.25, 0.3) is 0 Å². The zero-order valence-corrected chi connectivity index (χ0v) is 14.5. The summed E-state index contributed by atoms with van der Waals surface area (Å²) in [4.78, 5) is 11.7. The Bertz CT molecular complexity index is 598. The largest absolute Gasteiger partial charge is 0.465 e. The van der Waals surface area contributed by atoms with Gasteiger partial charge in [0.1, 0.15) is 11.5 Å². The van der Waals surface area contributed by atoms with Gasteiger partial charge in [0.05, 0.1) is 0 Å². The van der Waals surface area contributed by atoms with Crippen LogP contribution in [0.5, 0.6) is 11.5 Å². The first-order chi connectivity index (χ1) is 12.2. The van der Waals surface area contributed by atoms with Crippen molar-refractivity contribution in [1.29, 1.82) is 0 Å². The number of carbonyl (C=O) groups is 1. The van der Waals surface area contributed by atoms with E-state index >= 15 is 0 Å². The number of hydrogen-bond donors (Lipinski definition) is 1. The van der Waals surface area contributed by atoms with E-state index in [0.717, 1.165) is 32.1 Å². The molecule has 4 nitrogen and oxygen atoms in total. The van der Waals surface area contributed by atoms with Crippen molar-refractivity contribution in [3.63, 3.8) is 0 Å². The number of para-hydroxylation sites is 2. The third kappa shape index (κ3) is 8.36. The van der Waals surface area contributed by atoms with Crippen LogP contribution in [0.1, 0.15) is 44.9 Å². The Balaban J connectivity index is 1.46. The molecule has 0 fully saturated rings. The summed E-state index contributed by atoms with van der Waals surface area (Å²) < 4.78 is 10.7. The van der Waals surface area contributed by atoms with Crippen LogP contribution in [-0.4, -0.2) is 17.4 Å². The number of unbranched alkanes of at least 4 members (excludes halogenated alkanes) is 4. The van der Waals surface area contributed by atoms with Crippen molar-refractivity contribution in [2.75, 3.05) is 0 Å². The molecule has 2 aromatic carbocycles. The fraction of sp³-hybridized carbons (Fsp3) is 0.381. The lowest BCUT2D eigenvalue weighted by atomic mass is 10.1. The molecular weight excluding hydrogens is 316 g/mol. The van der Waals surface area contributed by atoms with Gasteiger partial charge in [0.2, 0.25) is 0 Å². The van der Waals surface area contributed by atoms with Crippen LogP contribution in [0.4, 0.5) is 0 Å². The minimum absolute atomic E-state index is 0.183. The second kappa shape index (κ2) is 11.3. The number of esters is 1. The first-order valence-corrected chi connectivity index (χ1v) is 8.89. The second-order valence-electron chi connectivity index (χ2n) is 5.98. The maximum atomic E-state index is 11.7. The van der Waals surface area contributed by atoms with E-state index in [4.69, 9.17) is 9.47 Å². The summed E-state index contributed by atoms with van der Waals surface area (Å²) in [7, 11) is 0. The third-order valence-electron chi connectivity index (χ3n) is 3.82. The predicted octanol–water partition coefficient (Wildman–Crippen LogP) is 4.72. The second-order valence-corrected chi connectivity index (χ2v) is 5.98. The van der Waals surface area contributed by atoms with Crippen LogP contribution in [-0.2, 0) is 4.79 Å². The number of benzene rings is 2. The summed E-state index contributed by atoms with van der Waals surface area (Å²) in [5, 5.41) is 9.83. The van der Waals surface area contributed by atoms with Crippen LogP contribution in [0, 0.1) is 0 Å². The minimum Gasteiger partial charge on any atom is -0.465 e. The lowest BCUT2D eigenvalue weighted by Crippen LogP contribution is -2.15. The zero-order chi connectivity index (χ0) is 17.7. The zero-order valence-electron chi connectivity index (χ0n) is 14.5. The first kappa shape index (κ1) is 19.0. The molecule has 1 unspecified atom stereocenters. The molecule has 0 aliphatic rings. The molecule has 0 aliphatic heterocycles. The molecule has 0 amide bonds. The van der Waals surface area contributed by atoms with Crippen LogP contribution >= 0.6 is 0 Å². The molecule has 25 heavy (non-hydrogen) atoms. The molecule has 2 aromatic rings. The fourth-order valence-electron chi connectivity index (χ4n) is 2.50. The number of carbonyl (C=O) groups excluding carboxylic acids is 1. The third-order valence-corrected chi connectivity index (χ3v) is 3.82. The van der Waals surface area contributed by atoms with E-state index in [0.29, 0.717) is 24.3 Å². The van der Waals surface area contributed by atoms with Crippen LogP contribution in [0.3, 0.4) is 0 Å². The summed E-state index contributed by atoms with van der Waals surface area (Å²) in [6.45, 7) is 0. The van der Waals surface area contributed by atoms with E-state index in [-0.39, 0.29) is 5.97 Å². The monoisotopic (exact) mass is 342 g/mol. The van der Waals surface area contributed by atoms with Crippen LogP contribution in [0.2, 0.25) is 0 Å². The Kier molecular flexibility index (Phi) is 8.56. The van der Waals surface area contributed by atoms with Crippen molar-refractivity contribution in [2.45, 2.75) is 51.2 Å². The summed E-state index contributed by atoms with van der Waals surface area (Å²) in [5.74, 6) is 1.10. The highest BCUT2D eigenvalue weighted by atomic mass is 16.6. The smallest absolute Gasteiger partial charge is 0.311 e. The summed E-state index contributed by atoms with van der Waals surface area (Å²) in [5.41, 5.74) is 0. The lowest BCUT2D eigenvalue weighted by molar-refractivity contribution is -0.134. The highest BCUT2D eigenvalue weighted by Crippen LogP contribution is 2.15. The van der Waals surface area contributed by atoms with Gasteiger partial charge in [0, 0.05) is 12.8 Å². The molecule has 0 saturated carbocycles. The van der Waals surface area contributed by atoms with Crippen molar-refractivity contribution in [3.05, 3.63) is 60.7 Å². The van der Waals surface area contributed by atoms with Gasteiger partial charge in [-0.25, -0.2) is 0 Å². The van der Waals surface area contributed by atoms with Gasteiger partial charge in [-0.3, -0.25) is 4.79 Å². The Labute approximate surface area is 149 Å². The molecule has 1 atom stereocenters. The topological polar surface area (TPSA) is 55.8 Å². The van der Waals surface area contributed by atoms with Crippen molar-refractivity contribution in [1.82, 2.24) is 0 Å². The molecule has 0 radical (unpaired) electrons. The van der Waals surface area contributed by atoms with E-state index in [2.05, 4.69) is 0 Å². The highest BCUT2D eigenvalue weighted by Gasteiger charge is 2.06. The SMILES string of the molecule is O=C(CCCCCCCC(O)Oc1ccccc1)Oc1ccccc1. The Morgan fingerprint density at radius 2 is 1.36 bits per heavy atom. The molecule has 0 aliphatic carbocycles. The Morgan fingerprint density at radius 3 is 2.04 bits per heavy atom.